The van der Waals surface area contributed by atoms with Crippen molar-refractivity contribution < 1.29 is 13.9 Å². The van der Waals surface area contributed by atoms with E-state index in [1.165, 1.54) is 23.5 Å². The Labute approximate surface area is 181 Å². The standard InChI is InChI=1S/C22H29FN4O2S/c1-15-10-26(11-16(2)29-15)12-19-4-3-9-27(19)13-21(28)25-22-24-20(14-30-22)17-5-7-18(23)8-6-17/h5-8,14-16,19H,3-4,9-13H2,1-2H3,(H,24,25,28). The van der Waals surface area contributed by atoms with E-state index in [2.05, 4.69) is 33.9 Å². The van der Waals surface area contributed by atoms with Gasteiger partial charge in [0.1, 0.15) is 5.82 Å². The summed E-state index contributed by atoms with van der Waals surface area (Å²) in [7, 11) is 0. The van der Waals surface area contributed by atoms with Crippen LogP contribution in [0.15, 0.2) is 29.6 Å². The van der Waals surface area contributed by atoms with Crippen molar-refractivity contribution in [3.63, 3.8) is 0 Å². The second-order valence-corrected chi connectivity index (χ2v) is 9.19. The molecule has 8 heteroatoms. The molecule has 3 heterocycles. The highest BCUT2D eigenvalue weighted by Crippen LogP contribution is 2.25. The van der Waals surface area contributed by atoms with E-state index in [1.807, 2.05) is 5.38 Å². The van der Waals surface area contributed by atoms with Gasteiger partial charge in [0.25, 0.3) is 0 Å². The SMILES string of the molecule is CC1CN(CC2CCCN2CC(=O)Nc2nc(-c3ccc(F)cc3)cs2)CC(C)O1. The molecule has 1 N–H and O–H groups in total. The third-order valence-corrected chi connectivity index (χ3v) is 6.46. The minimum atomic E-state index is -0.274. The summed E-state index contributed by atoms with van der Waals surface area (Å²) in [5.41, 5.74) is 1.58. The molecular weight excluding hydrogens is 403 g/mol. The number of halogens is 1. The van der Waals surface area contributed by atoms with Gasteiger partial charge in [-0.15, -0.1) is 11.3 Å². The average molecular weight is 433 g/mol. The molecule has 1 aromatic heterocycles. The van der Waals surface area contributed by atoms with Crippen LogP contribution in [0, 0.1) is 5.82 Å². The van der Waals surface area contributed by atoms with Gasteiger partial charge < -0.3 is 10.1 Å². The highest BCUT2D eigenvalue weighted by Gasteiger charge is 2.30. The van der Waals surface area contributed by atoms with E-state index >= 15 is 0 Å². The Morgan fingerprint density at radius 3 is 2.73 bits per heavy atom. The van der Waals surface area contributed by atoms with Crippen LogP contribution in [0.3, 0.4) is 0 Å². The highest BCUT2D eigenvalue weighted by molar-refractivity contribution is 7.14. The molecule has 0 bridgehead atoms. The quantitative estimate of drug-likeness (QED) is 0.758. The lowest BCUT2D eigenvalue weighted by Crippen LogP contribution is -2.50. The molecule has 0 aliphatic carbocycles. The zero-order valence-electron chi connectivity index (χ0n) is 17.5. The van der Waals surface area contributed by atoms with Crippen LogP contribution in [-0.2, 0) is 9.53 Å². The number of thiazole rings is 1. The molecule has 30 heavy (non-hydrogen) atoms. The van der Waals surface area contributed by atoms with Gasteiger partial charge in [-0.3, -0.25) is 14.6 Å². The van der Waals surface area contributed by atoms with Crippen LogP contribution < -0.4 is 5.32 Å². The molecule has 3 unspecified atom stereocenters. The molecule has 2 aromatic rings. The molecule has 6 nitrogen and oxygen atoms in total. The lowest BCUT2D eigenvalue weighted by atomic mass is 10.1. The Morgan fingerprint density at radius 1 is 1.27 bits per heavy atom. The number of nitrogens with one attached hydrogen (secondary N) is 1. The maximum atomic E-state index is 13.1. The van der Waals surface area contributed by atoms with Gasteiger partial charge in [0.05, 0.1) is 24.4 Å². The first-order valence-electron chi connectivity index (χ1n) is 10.6. The van der Waals surface area contributed by atoms with Crippen molar-refractivity contribution in [1.29, 1.82) is 0 Å². The topological polar surface area (TPSA) is 57.7 Å². The highest BCUT2D eigenvalue weighted by atomic mass is 32.1. The Morgan fingerprint density at radius 2 is 2.00 bits per heavy atom. The third-order valence-electron chi connectivity index (χ3n) is 5.70. The van der Waals surface area contributed by atoms with Gasteiger partial charge in [-0.05, 0) is 57.5 Å². The average Bonchev–Trinajstić information content (AvgIpc) is 3.31. The van der Waals surface area contributed by atoms with E-state index in [9.17, 15) is 9.18 Å². The van der Waals surface area contributed by atoms with Crippen LogP contribution in [0.5, 0.6) is 0 Å². The molecule has 2 aliphatic heterocycles. The first kappa shape index (κ1) is 21.4. The van der Waals surface area contributed by atoms with Crippen LogP contribution >= 0.6 is 11.3 Å². The first-order valence-corrected chi connectivity index (χ1v) is 11.5. The van der Waals surface area contributed by atoms with Crippen molar-refractivity contribution in [2.45, 2.75) is 44.9 Å². The molecule has 4 rings (SSSR count). The fourth-order valence-electron chi connectivity index (χ4n) is 4.47. The maximum absolute atomic E-state index is 13.1. The number of ether oxygens (including phenoxy) is 1. The van der Waals surface area contributed by atoms with Gasteiger partial charge in [0.15, 0.2) is 5.13 Å². The monoisotopic (exact) mass is 432 g/mol. The van der Waals surface area contributed by atoms with Crippen molar-refractivity contribution in [1.82, 2.24) is 14.8 Å². The lowest BCUT2D eigenvalue weighted by molar-refractivity contribution is -0.117. The lowest BCUT2D eigenvalue weighted by Gasteiger charge is -2.38. The summed E-state index contributed by atoms with van der Waals surface area (Å²) in [4.78, 5) is 21.9. The van der Waals surface area contributed by atoms with E-state index in [-0.39, 0.29) is 23.9 Å². The summed E-state index contributed by atoms with van der Waals surface area (Å²) in [6, 6.07) is 6.61. The molecule has 0 radical (unpaired) electrons. The summed E-state index contributed by atoms with van der Waals surface area (Å²) in [5, 5.41) is 5.38. The predicted molar refractivity (Wildman–Crippen MR) is 117 cm³/mol. The fourth-order valence-corrected chi connectivity index (χ4v) is 5.21. The van der Waals surface area contributed by atoms with E-state index in [0.29, 0.717) is 17.7 Å². The number of nitrogens with zero attached hydrogens (tertiary/aromatic N) is 3. The van der Waals surface area contributed by atoms with Crippen molar-refractivity contribution >= 4 is 22.4 Å². The van der Waals surface area contributed by atoms with Gasteiger partial charge in [-0.25, -0.2) is 9.37 Å². The Balaban J connectivity index is 1.30. The van der Waals surface area contributed by atoms with Crippen LogP contribution in [0.1, 0.15) is 26.7 Å². The van der Waals surface area contributed by atoms with Crippen LogP contribution in [0.2, 0.25) is 0 Å². The normalized spacial score (nSPS) is 25.5. The van der Waals surface area contributed by atoms with Gasteiger partial charge in [0.2, 0.25) is 5.91 Å². The molecule has 0 spiro atoms. The number of aromatic nitrogens is 1. The predicted octanol–water partition coefficient (Wildman–Crippen LogP) is 3.46. The molecule has 3 atom stereocenters. The molecule has 0 saturated carbocycles. The number of carbonyl (C=O) groups excluding carboxylic acids is 1. The maximum Gasteiger partial charge on any atom is 0.240 e. The fraction of sp³-hybridized carbons (Fsp3) is 0.545. The number of likely N-dealkylation sites (tertiary alicyclic amines) is 1. The van der Waals surface area contributed by atoms with Crippen molar-refractivity contribution in [3.8, 4) is 11.3 Å². The second kappa shape index (κ2) is 9.51. The van der Waals surface area contributed by atoms with Gasteiger partial charge in [-0.2, -0.15) is 0 Å². The van der Waals surface area contributed by atoms with Crippen molar-refractivity contribution in [2.24, 2.45) is 0 Å². The van der Waals surface area contributed by atoms with E-state index < -0.39 is 0 Å². The minimum absolute atomic E-state index is 0.0365. The van der Waals surface area contributed by atoms with Gasteiger partial charge in [0, 0.05) is 36.6 Å². The first-order chi connectivity index (χ1) is 14.5. The zero-order chi connectivity index (χ0) is 21.1. The smallest absolute Gasteiger partial charge is 0.240 e. The molecule has 2 saturated heterocycles. The summed E-state index contributed by atoms with van der Waals surface area (Å²) < 4.78 is 18.9. The molecule has 1 amide bonds. The van der Waals surface area contributed by atoms with Crippen LogP contribution in [-0.4, -0.2) is 71.7 Å². The molecular formula is C22H29FN4O2S. The molecule has 2 fully saturated rings. The number of hydrogen-bond acceptors (Lipinski definition) is 6. The molecule has 2 aliphatic rings. The molecule has 162 valence electrons. The third kappa shape index (κ3) is 5.43. The van der Waals surface area contributed by atoms with Gasteiger partial charge in [-0.1, -0.05) is 0 Å². The van der Waals surface area contributed by atoms with Crippen LogP contribution in [0.4, 0.5) is 9.52 Å². The Bertz CT molecular complexity index is 849. The Hall–Kier alpha value is -1.87. The van der Waals surface area contributed by atoms with Crippen LogP contribution in [0.25, 0.3) is 11.3 Å². The summed E-state index contributed by atoms with van der Waals surface area (Å²) >= 11 is 1.39. The van der Waals surface area contributed by atoms with E-state index in [0.717, 1.165) is 50.3 Å². The zero-order valence-corrected chi connectivity index (χ0v) is 18.3. The minimum Gasteiger partial charge on any atom is -0.373 e. The summed E-state index contributed by atoms with van der Waals surface area (Å²) in [6.45, 7) is 8.46. The second-order valence-electron chi connectivity index (χ2n) is 8.34. The van der Waals surface area contributed by atoms with Crippen molar-refractivity contribution in [3.05, 3.63) is 35.5 Å². The number of amides is 1. The number of anilines is 1. The van der Waals surface area contributed by atoms with E-state index in [4.69, 9.17) is 4.74 Å². The number of morpholine rings is 1. The number of hydrogen-bond donors (Lipinski definition) is 1. The Kier molecular flexibility index (Phi) is 6.77. The van der Waals surface area contributed by atoms with E-state index in [1.54, 1.807) is 12.1 Å². The largest absolute Gasteiger partial charge is 0.373 e. The van der Waals surface area contributed by atoms with Crippen molar-refractivity contribution in [2.75, 3.05) is 38.0 Å². The number of rotatable bonds is 6. The number of benzene rings is 1. The summed E-state index contributed by atoms with van der Waals surface area (Å²) in [6.07, 6.45) is 2.76. The molecule has 1 aromatic carbocycles. The van der Waals surface area contributed by atoms with Gasteiger partial charge >= 0.3 is 0 Å². The summed E-state index contributed by atoms with van der Waals surface area (Å²) in [5.74, 6) is -0.311. The number of carbonyl (C=O) groups is 1.